The van der Waals surface area contributed by atoms with Gasteiger partial charge in [0.05, 0.1) is 12.5 Å². The van der Waals surface area contributed by atoms with E-state index in [0.717, 1.165) is 12.0 Å². The van der Waals surface area contributed by atoms with Crippen molar-refractivity contribution in [1.82, 2.24) is 0 Å². The fourth-order valence-electron chi connectivity index (χ4n) is 2.93. The van der Waals surface area contributed by atoms with Gasteiger partial charge in [0.1, 0.15) is 18.1 Å². The molecule has 0 amide bonds. The summed E-state index contributed by atoms with van der Waals surface area (Å²) in [5.74, 6) is -1.23. The van der Waals surface area contributed by atoms with Gasteiger partial charge in [-0.3, -0.25) is 4.79 Å². The number of hydrogen-bond acceptors (Lipinski definition) is 5. The molecule has 0 heterocycles. The summed E-state index contributed by atoms with van der Waals surface area (Å²) < 4.78 is 10.7. The summed E-state index contributed by atoms with van der Waals surface area (Å²) in [6.45, 7) is 4.24. The molecule has 0 saturated carbocycles. The molecule has 5 heteroatoms. The predicted octanol–water partition coefficient (Wildman–Crippen LogP) is 4.03. The van der Waals surface area contributed by atoms with Gasteiger partial charge in [-0.15, -0.1) is 0 Å². The van der Waals surface area contributed by atoms with Gasteiger partial charge in [-0.2, -0.15) is 0 Å². The Labute approximate surface area is 166 Å². The number of ketones is 1. The number of rotatable bonds is 11. The van der Waals surface area contributed by atoms with E-state index in [2.05, 4.69) is 0 Å². The Balaban J connectivity index is 2.13. The van der Waals surface area contributed by atoms with E-state index in [9.17, 15) is 14.7 Å². The molecule has 2 atom stereocenters. The molecule has 2 rings (SSSR count). The second-order valence-corrected chi connectivity index (χ2v) is 6.59. The van der Waals surface area contributed by atoms with E-state index in [1.807, 2.05) is 37.3 Å². The average Bonchev–Trinajstić information content (AvgIpc) is 2.72. The van der Waals surface area contributed by atoms with Crippen LogP contribution in [-0.2, 0) is 20.9 Å². The topological polar surface area (TPSA) is 72.8 Å². The monoisotopic (exact) mass is 384 g/mol. The number of Topliss-reactive ketones (excluding diaryl/α,β-unsaturated/α-hetero) is 1. The van der Waals surface area contributed by atoms with Crippen LogP contribution in [0.1, 0.15) is 50.2 Å². The van der Waals surface area contributed by atoms with Crippen molar-refractivity contribution in [1.29, 1.82) is 0 Å². The minimum atomic E-state index is -1.51. The first-order valence-corrected chi connectivity index (χ1v) is 9.70. The van der Waals surface area contributed by atoms with E-state index >= 15 is 0 Å². The molecule has 2 aromatic rings. The Morgan fingerprint density at radius 1 is 1.00 bits per heavy atom. The zero-order valence-electron chi connectivity index (χ0n) is 16.5. The number of carbonyl (C=O) groups is 2. The lowest BCUT2D eigenvalue weighted by Crippen LogP contribution is -2.34. The van der Waals surface area contributed by atoms with E-state index in [-0.39, 0.29) is 12.4 Å². The van der Waals surface area contributed by atoms with Crippen LogP contribution in [0.2, 0.25) is 0 Å². The fourth-order valence-corrected chi connectivity index (χ4v) is 2.93. The van der Waals surface area contributed by atoms with Gasteiger partial charge in [0.2, 0.25) is 0 Å². The van der Waals surface area contributed by atoms with Crippen LogP contribution in [0.4, 0.5) is 0 Å². The molecule has 0 saturated heterocycles. The maximum Gasteiger partial charge on any atom is 0.336 e. The highest BCUT2D eigenvalue weighted by atomic mass is 16.5. The van der Waals surface area contributed by atoms with Crippen LogP contribution < -0.4 is 4.74 Å². The number of ether oxygens (including phenoxy) is 2. The van der Waals surface area contributed by atoms with Crippen molar-refractivity contribution in [2.24, 2.45) is 0 Å². The molecule has 28 heavy (non-hydrogen) atoms. The summed E-state index contributed by atoms with van der Waals surface area (Å²) in [6.07, 6.45) is 0.369. The second-order valence-electron chi connectivity index (χ2n) is 6.59. The van der Waals surface area contributed by atoms with E-state index in [4.69, 9.17) is 9.47 Å². The number of unbranched alkanes of at least 4 members (excludes halogenated alkanes) is 1. The number of hydrogen-bond donors (Lipinski definition) is 1. The molecule has 5 nitrogen and oxygen atoms in total. The Hall–Kier alpha value is -2.66. The Morgan fingerprint density at radius 3 is 2.29 bits per heavy atom. The highest BCUT2D eigenvalue weighted by molar-refractivity contribution is 5.92. The van der Waals surface area contributed by atoms with Crippen molar-refractivity contribution in [3.63, 3.8) is 0 Å². The Morgan fingerprint density at radius 2 is 1.68 bits per heavy atom. The Kier molecular flexibility index (Phi) is 8.69. The minimum absolute atomic E-state index is 0.151. The number of aliphatic hydroxyl groups excluding tert-OH is 1. The summed E-state index contributed by atoms with van der Waals surface area (Å²) in [4.78, 5) is 24.7. The van der Waals surface area contributed by atoms with Crippen molar-refractivity contribution >= 4 is 11.8 Å². The SMILES string of the molecule is CCCCC(=O)C(c1ccc(OCc2ccccc2)cc1)C(O)C(=O)OCC. The molecule has 150 valence electrons. The van der Waals surface area contributed by atoms with Crippen LogP contribution in [0.25, 0.3) is 0 Å². The van der Waals surface area contributed by atoms with Crippen LogP contribution in [0, 0.1) is 0 Å². The van der Waals surface area contributed by atoms with E-state index in [1.54, 1.807) is 31.2 Å². The highest BCUT2D eigenvalue weighted by Gasteiger charge is 2.34. The molecule has 0 aromatic heterocycles. The summed E-state index contributed by atoms with van der Waals surface area (Å²) in [5.41, 5.74) is 1.63. The number of carbonyl (C=O) groups excluding carboxylic acids is 2. The summed E-state index contributed by atoms with van der Waals surface area (Å²) in [5, 5.41) is 10.4. The van der Waals surface area contributed by atoms with Crippen molar-refractivity contribution in [2.75, 3.05) is 6.61 Å². The average molecular weight is 384 g/mol. The predicted molar refractivity (Wildman–Crippen MR) is 107 cm³/mol. The molecule has 0 radical (unpaired) electrons. The van der Waals surface area contributed by atoms with Crippen molar-refractivity contribution in [3.05, 3.63) is 65.7 Å². The van der Waals surface area contributed by atoms with Crippen molar-refractivity contribution in [2.45, 2.75) is 51.7 Å². The minimum Gasteiger partial charge on any atom is -0.489 e. The lowest BCUT2D eigenvalue weighted by Gasteiger charge is -2.21. The molecule has 2 unspecified atom stereocenters. The summed E-state index contributed by atoms with van der Waals surface area (Å²) in [7, 11) is 0. The van der Waals surface area contributed by atoms with E-state index < -0.39 is 18.0 Å². The maximum atomic E-state index is 12.6. The second kappa shape index (κ2) is 11.2. The number of benzene rings is 2. The molecule has 0 fully saturated rings. The molecular weight excluding hydrogens is 356 g/mol. The van der Waals surface area contributed by atoms with Gasteiger partial charge in [0, 0.05) is 6.42 Å². The Bertz CT molecular complexity index is 739. The normalized spacial score (nSPS) is 12.8. The molecule has 2 aromatic carbocycles. The van der Waals surface area contributed by atoms with E-state index in [0.29, 0.717) is 30.8 Å². The van der Waals surface area contributed by atoms with Gasteiger partial charge >= 0.3 is 5.97 Å². The van der Waals surface area contributed by atoms with Crippen LogP contribution in [0.15, 0.2) is 54.6 Å². The van der Waals surface area contributed by atoms with Gasteiger partial charge in [-0.25, -0.2) is 4.79 Å². The zero-order valence-corrected chi connectivity index (χ0v) is 16.5. The smallest absolute Gasteiger partial charge is 0.336 e. The summed E-state index contributed by atoms with van der Waals surface area (Å²) >= 11 is 0. The first-order chi connectivity index (χ1) is 13.6. The largest absolute Gasteiger partial charge is 0.489 e. The first kappa shape index (κ1) is 21.6. The molecule has 0 aliphatic carbocycles. The molecule has 0 aliphatic heterocycles. The van der Waals surface area contributed by atoms with Gasteiger partial charge < -0.3 is 14.6 Å². The first-order valence-electron chi connectivity index (χ1n) is 9.70. The third-order valence-corrected chi connectivity index (χ3v) is 4.45. The lowest BCUT2D eigenvalue weighted by molar-refractivity contribution is -0.156. The summed E-state index contributed by atoms with van der Waals surface area (Å²) in [6, 6.07) is 16.7. The fraction of sp³-hybridized carbons (Fsp3) is 0.391. The van der Waals surface area contributed by atoms with Crippen LogP contribution in [-0.4, -0.2) is 29.6 Å². The maximum absolute atomic E-state index is 12.6. The standard InChI is InChI=1S/C23H28O5/c1-3-5-11-20(24)21(22(25)23(26)27-4-2)18-12-14-19(15-13-18)28-16-17-9-7-6-8-10-17/h6-10,12-15,21-22,25H,3-5,11,16H2,1-2H3. The number of esters is 1. The van der Waals surface area contributed by atoms with Gasteiger partial charge in [-0.05, 0) is 36.6 Å². The van der Waals surface area contributed by atoms with Crippen molar-refractivity contribution in [3.8, 4) is 5.75 Å². The molecule has 0 bridgehead atoms. The van der Waals surface area contributed by atoms with Gasteiger partial charge in [-0.1, -0.05) is 55.8 Å². The van der Waals surface area contributed by atoms with E-state index in [1.165, 1.54) is 0 Å². The molecule has 0 aliphatic rings. The zero-order chi connectivity index (χ0) is 20.4. The molecular formula is C23H28O5. The molecule has 1 N–H and O–H groups in total. The lowest BCUT2D eigenvalue weighted by atomic mass is 9.87. The highest BCUT2D eigenvalue weighted by Crippen LogP contribution is 2.26. The van der Waals surface area contributed by atoms with Gasteiger partial charge in [0.15, 0.2) is 6.10 Å². The van der Waals surface area contributed by atoms with Crippen LogP contribution in [0.5, 0.6) is 5.75 Å². The molecule has 0 spiro atoms. The van der Waals surface area contributed by atoms with Crippen molar-refractivity contribution < 1.29 is 24.2 Å². The van der Waals surface area contributed by atoms with Gasteiger partial charge in [0.25, 0.3) is 0 Å². The van der Waals surface area contributed by atoms with Crippen LogP contribution in [0.3, 0.4) is 0 Å². The number of aliphatic hydroxyl groups is 1. The third kappa shape index (κ3) is 6.20. The van der Waals surface area contributed by atoms with Crippen LogP contribution >= 0.6 is 0 Å². The third-order valence-electron chi connectivity index (χ3n) is 4.45. The quantitative estimate of drug-likeness (QED) is 0.592.